The van der Waals surface area contributed by atoms with Crippen molar-refractivity contribution < 1.29 is 9.59 Å². The Morgan fingerprint density at radius 3 is 2.58 bits per heavy atom. The lowest BCUT2D eigenvalue weighted by Gasteiger charge is -2.35. The Morgan fingerprint density at radius 2 is 1.82 bits per heavy atom. The van der Waals surface area contributed by atoms with Gasteiger partial charge in [-0.05, 0) is 44.2 Å². The van der Waals surface area contributed by atoms with Crippen LogP contribution in [0, 0.1) is 13.8 Å². The summed E-state index contributed by atoms with van der Waals surface area (Å²) in [6, 6.07) is 17.7. The minimum Gasteiger partial charge on any atom is -0.348 e. The van der Waals surface area contributed by atoms with Crippen LogP contribution < -0.4 is 5.32 Å². The highest BCUT2D eigenvalue weighted by molar-refractivity contribution is 5.94. The van der Waals surface area contributed by atoms with Crippen LogP contribution in [0.15, 0.2) is 60.8 Å². The van der Waals surface area contributed by atoms with Crippen LogP contribution >= 0.6 is 0 Å². The number of nitrogens with zero attached hydrogens (tertiary/aromatic N) is 3. The van der Waals surface area contributed by atoms with E-state index >= 15 is 0 Å². The van der Waals surface area contributed by atoms with E-state index in [9.17, 15) is 9.59 Å². The number of nitrogens with one attached hydrogen (secondary N) is 1. The molecule has 1 aliphatic heterocycles. The first-order chi connectivity index (χ1) is 16.0. The maximum absolute atomic E-state index is 13.1. The second kappa shape index (κ2) is 10.4. The molecule has 1 saturated heterocycles. The van der Waals surface area contributed by atoms with Crippen LogP contribution in [0.4, 0.5) is 0 Å². The van der Waals surface area contributed by atoms with Crippen molar-refractivity contribution in [1.82, 2.24) is 20.2 Å². The second-order valence-corrected chi connectivity index (χ2v) is 8.66. The Balaban J connectivity index is 1.46. The monoisotopic (exact) mass is 442 g/mol. The first kappa shape index (κ1) is 22.6. The maximum atomic E-state index is 13.1. The van der Waals surface area contributed by atoms with Crippen LogP contribution in [0.2, 0.25) is 0 Å². The lowest BCUT2D eigenvalue weighted by atomic mass is 9.99. The van der Waals surface area contributed by atoms with Gasteiger partial charge in [-0.2, -0.15) is 0 Å². The Labute approximate surface area is 195 Å². The van der Waals surface area contributed by atoms with E-state index in [-0.39, 0.29) is 17.9 Å². The van der Waals surface area contributed by atoms with Gasteiger partial charge in [-0.3, -0.25) is 9.59 Å². The number of aryl methyl sites for hydroxylation is 2. The molecule has 0 spiro atoms. The number of benzene rings is 2. The van der Waals surface area contributed by atoms with Gasteiger partial charge in [0, 0.05) is 19.3 Å². The number of hydrogen-bond acceptors (Lipinski definition) is 4. The van der Waals surface area contributed by atoms with E-state index < -0.39 is 0 Å². The molecule has 1 unspecified atom stereocenters. The van der Waals surface area contributed by atoms with Gasteiger partial charge < -0.3 is 10.2 Å². The highest BCUT2D eigenvalue weighted by Crippen LogP contribution is 2.30. The summed E-state index contributed by atoms with van der Waals surface area (Å²) in [6.45, 7) is 5.01. The molecule has 1 fully saturated rings. The average molecular weight is 443 g/mol. The number of likely N-dealkylation sites (tertiary alicyclic amines) is 1. The fraction of sp³-hybridized carbons (Fsp3) is 0.333. The van der Waals surface area contributed by atoms with E-state index in [1.807, 2.05) is 67.3 Å². The largest absolute Gasteiger partial charge is 0.348 e. The molecule has 0 aliphatic carbocycles. The maximum Gasteiger partial charge on any atom is 0.254 e. The summed E-state index contributed by atoms with van der Waals surface area (Å²) >= 11 is 0. The molecule has 1 aromatic heterocycles. The lowest BCUT2D eigenvalue weighted by Crippen LogP contribution is -2.40. The number of piperidine rings is 1. The Morgan fingerprint density at radius 1 is 1.03 bits per heavy atom. The van der Waals surface area contributed by atoms with Crippen LogP contribution in [0.25, 0.3) is 0 Å². The minimum atomic E-state index is -0.195. The molecule has 0 saturated carbocycles. The van der Waals surface area contributed by atoms with Crippen molar-refractivity contribution in [2.75, 3.05) is 6.54 Å². The fourth-order valence-corrected chi connectivity index (χ4v) is 4.34. The quantitative estimate of drug-likeness (QED) is 0.617. The molecular formula is C27H30N4O2. The van der Waals surface area contributed by atoms with Gasteiger partial charge in [-0.15, -0.1) is 0 Å². The van der Waals surface area contributed by atoms with Gasteiger partial charge in [-0.25, -0.2) is 9.97 Å². The number of aromatic nitrogens is 2. The van der Waals surface area contributed by atoms with Gasteiger partial charge in [0.05, 0.1) is 23.7 Å². The summed E-state index contributed by atoms with van der Waals surface area (Å²) in [7, 11) is 0. The molecule has 6 heteroatoms. The van der Waals surface area contributed by atoms with Gasteiger partial charge in [0.25, 0.3) is 5.91 Å². The van der Waals surface area contributed by atoms with Crippen molar-refractivity contribution in [1.29, 1.82) is 0 Å². The molecule has 2 aromatic carbocycles. The van der Waals surface area contributed by atoms with Crippen LogP contribution in [-0.4, -0.2) is 33.2 Å². The van der Waals surface area contributed by atoms with Gasteiger partial charge in [0.1, 0.15) is 0 Å². The molecule has 1 aliphatic rings. The highest BCUT2D eigenvalue weighted by Gasteiger charge is 2.30. The first-order valence-electron chi connectivity index (χ1n) is 11.5. The smallest absolute Gasteiger partial charge is 0.254 e. The third-order valence-electron chi connectivity index (χ3n) is 6.10. The molecule has 0 bridgehead atoms. The van der Waals surface area contributed by atoms with Gasteiger partial charge >= 0.3 is 0 Å². The number of carbonyl (C=O) groups is 2. The molecule has 3 aromatic rings. The molecule has 2 heterocycles. The Hall–Kier alpha value is -3.54. The number of carbonyl (C=O) groups excluding carboxylic acids is 2. The van der Waals surface area contributed by atoms with Gasteiger partial charge in [0.2, 0.25) is 5.91 Å². The second-order valence-electron chi connectivity index (χ2n) is 8.66. The standard InChI is InChI=1S/C27H30N4O2/c1-19-9-8-12-22(15-19)16-25(32)31-14-7-6-13-24(31)26-28-18-23(20(2)30-26)27(33)29-17-21-10-4-3-5-11-21/h3-5,8-12,15,18,24H,6-7,13-14,16-17H2,1-2H3,(H,29,33). The van der Waals surface area contributed by atoms with E-state index in [0.29, 0.717) is 36.6 Å². The molecular weight excluding hydrogens is 412 g/mol. The summed E-state index contributed by atoms with van der Waals surface area (Å²) < 4.78 is 0. The topological polar surface area (TPSA) is 75.2 Å². The van der Waals surface area contributed by atoms with Crippen LogP contribution in [0.5, 0.6) is 0 Å². The third kappa shape index (κ3) is 5.64. The summed E-state index contributed by atoms with van der Waals surface area (Å²) in [4.78, 5) is 36.9. The zero-order valence-electron chi connectivity index (χ0n) is 19.3. The number of rotatable bonds is 6. The third-order valence-corrected chi connectivity index (χ3v) is 6.10. The molecule has 2 amide bonds. The fourth-order valence-electron chi connectivity index (χ4n) is 4.34. The van der Waals surface area contributed by atoms with Gasteiger partial charge in [0.15, 0.2) is 5.82 Å². The SMILES string of the molecule is Cc1cccc(CC(=O)N2CCCCC2c2ncc(C(=O)NCc3ccccc3)c(C)n2)c1. The molecule has 1 N–H and O–H groups in total. The van der Waals surface area contributed by atoms with Crippen molar-refractivity contribution in [3.8, 4) is 0 Å². The van der Waals surface area contributed by atoms with E-state index in [1.165, 1.54) is 0 Å². The van der Waals surface area contributed by atoms with E-state index in [2.05, 4.69) is 21.4 Å². The molecule has 33 heavy (non-hydrogen) atoms. The van der Waals surface area contributed by atoms with Gasteiger partial charge in [-0.1, -0.05) is 60.2 Å². The predicted octanol–water partition coefficient (Wildman–Crippen LogP) is 4.32. The Kier molecular flexibility index (Phi) is 7.13. The predicted molar refractivity (Wildman–Crippen MR) is 128 cm³/mol. The molecule has 170 valence electrons. The van der Waals surface area contributed by atoms with E-state index in [0.717, 1.165) is 36.0 Å². The molecule has 0 radical (unpaired) electrons. The summed E-state index contributed by atoms with van der Waals surface area (Å²) in [5, 5.41) is 2.93. The normalized spacial score (nSPS) is 15.8. The van der Waals surface area contributed by atoms with Crippen molar-refractivity contribution in [3.05, 3.63) is 94.6 Å². The number of amides is 2. The van der Waals surface area contributed by atoms with Crippen LogP contribution in [0.1, 0.15) is 63.9 Å². The van der Waals surface area contributed by atoms with Crippen LogP contribution in [-0.2, 0) is 17.8 Å². The zero-order chi connectivity index (χ0) is 23.2. The summed E-state index contributed by atoms with van der Waals surface area (Å²) in [6.07, 6.45) is 4.81. The van der Waals surface area contributed by atoms with E-state index in [1.54, 1.807) is 6.20 Å². The zero-order valence-corrected chi connectivity index (χ0v) is 19.3. The van der Waals surface area contributed by atoms with Crippen molar-refractivity contribution in [3.63, 3.8) is 0 Å². The lowest BCUT2D eigenvalue weighted by molar-refractivity contribution is -0.134. The van der Waals surface area contributed by atoms with Crippen molar-refractivity contribution >= 4 is 11.8 Å². The Bertz CT molecular complexity index is 1130. The minimum absolute atomic E-state index is 0.0937. The number of hydrogen-bond donors (Lipinski definition) is 1. The first-order valence-corrected chi connectivity index (χ1v) is 11.5. The average Bonchev–Trinajstić information content (AvgIpc) is 2.83. The molecule has 6 nitrogen and oxygen atoms in total. The summed E-state index contributed by atoms with van der Waals surface area (Å²) in [5.41, 5.74) is 4.29. The molecule has 4 rings (SSSR count). The highest BCUT2D eigenvalue weighted by atomic mass is 16.2. The van der Waals surface area contributed by atoms with Crippen LogP contribution in [0.3, 0.4) is 0 Å². The molecule has 1 atom stereocenters. The van der Waals surface area contributed by atoms with E-state index in [4.69, 9.17) is 0 Å². The van der Waals surface area contributed by atoms with Crippen molar-refractivity contribution in [2.24, 2.45) is 0 Å². The van der Waals surface area contributed by atoms with Crippen molar-refractivity contribution in [2.45, 2.75) is 52.1 Å². The summed E-state index contributed by atoms with van der Waals surface area (Å²) in [5.74, 6) is 0.513.